The van der Waals surface area contributed by atoms with Crippen LogP contribution in [0.25, 0.3) is 10.8 Å². The third-order valence-electron chi connectivity index (χ3n) is 2.56. The maximum Gasteiger partial charge on any atom is 0.523 e. The zero-order valence-electron chi connectivity index (χ0n) is 9.25. The Kier molecular flexibility index (Phi) is 3.92. The lowest BCUT2D eigenvalue weighted by molar-refractivity contribution is -0.341. The van der Waals surface area contributed by atoms with E-state index >= 15 is 0 Å². The molecule has 2 rings (SSSR count). The maximum absolute atomic E-state index is 12.2. The maximum atomic E-state index is 12.2. The summed E-state index contributed by atoms with van der Waals surface area (Å²) in [6.07, 6.45) is -5.67. The highest BCUT2D eigenvalue weighted by Crippen LogP contribution is 2.30. The van der Waals surface area contributed by atoms with Crippen LogP contribution < -0.4 is 0 Å². The van der Waals surface area contributed by atoms with Crippen molar-refractivity contribution in [3.05, 3.63) is 48.0 Å². The second kappa shape index (κ2) is 5.28. The number of benzene rings is 2. The number of halogens is 4. The van der Waals surface area contributed by atoms with Crippen LogP contribution in [0.4, 0.5) is 13.2 Å². The topological polar surface area (TPSA) is 9.23 Å². The van der Waals surface area contributed by atoms with Crippen LogP contribution in [-0.4, -0.2) is 11.7 Å². The Bertz CT molecular complexity index is 539. The predicted octanol–water partition coefficient (Wildman–Crippen LogP) is 4.81. The van der Waals surface area contributed by atoms with Gasteiger partial charge in [0.25, 0.3) is 0 Å². The fourth-order valence-corrected chi connectivity index (χ4v) is 2.26. The molecule has 2 aromatic carbocycles. The third kappa shape index (κ3) is 3.23. The summed E-state index contributed by atoms with van der Waals surface area (Å²) in [4.78, 5) is 0. The van der Waals surface area contributed by atoms with E-state index in [1.165, 1.54) is 0 Å². The summed E-state index contributed by atoms with van der Waals surface area (Å²) in [7, 11) is 0. The summed E-state index contributed by atoms with van der Waals surface area (Å²) < 4.78 is 40.8. The van der Waals surface area contributed by atoms with Gasteiger partial charge in [-0.05, 0) is 22.4 Å². The number of ether oxygens (including phenoxy) is 1. The molecule has 1 unspecified atom stereocenters. The first-order chi connectivity index (χ1) is 8.49. The van der Waals surface area contributed by atoms with Crippen LogP contribution in [0.1, 0.15) is 11.7 Å². The van der Waals surface area contributed by atoms with E-state index in [-0.39, 0.29) is 5.33 Å². The largest absolute Gasteiger partial charge is 0.523 e. The van der Waals surface area contributed by atoms with Crippen LogP contribution in [0, 0.1) is 0 Å². The predicted molar refractivity (Wildman–Crippen MR) is 67.6 cm³/mol. The summed E-state index contributed by atoms with van der Waals surface area (Å²) in [6, 6.07) is 12.7. The van der Waals surface area contributed by atoms with E-state index in [4.69, 9.17) is 0 Å². The molecule has 1 nitrogen and oxygen atoms in total. The first-order valence-corrected chi connectivity index (χ1v) is 6.41. The lowest BCUT2D eigenvalue weighted by atomic mass is 10.0. The Hall–Kier alpha value is -1.07. The van der Waals surface area contributed by atoms with Gasteiger partial charge in [0.1, 0.15) is 6.10 Å². The smallest absolute Gasteiger partial charge is 0.283 e. The second-order valence-electron chi connectivity index (χ2n) is 3.81. The minimum Gasteiger partial charge on any atom is -0.283 e. The quantitative estimate of drug-likeness (QED) is 0.738. The molecule has 0 aliphatic heterocycles. The molecule has 0 N–H and O–H groups in total. The summed E-state index contributed by atoms with van der Waals surface area (Å²) in [5, 5.41) is 1.97. The molecule has 0 heterocycles. The van der Waals surface area contributed by atoms with Gasteiger partial charge < -0.3 is 0 Å². The average Bonchev–Trinajstić information content (AvgIpc) is 2.34. The molecule has 0 amide bonds. The zero-order valence-corrected chi connectivity index (χ0v) is 10.8. The molecule has 0 bridgehead atoms. The molecule has 5 heteroatoms. The first kappa shape index (κ1) is 13.4. The van der Waals surface area contributed by atoms with E-state index in [0.29, 0.717) is 5.56 Å². The molecule has 96 valence electrons. The van der Waals surface area contributed by atoms with Crippen molar-refractivity contribution in [1.82, 2.24) is 0 Å². The van der Waals surface area contributed by atoms with E-state index in [0.717, 1.165) is 10.8 Å². The SMILES string of the molecule is FC(F)(F)OC(CBr)c1ccc2ccccc2c1. The van der Waals surface area contributed by atoms with Gasteiger partial charge in [-0.15, -0.1) is 13.2 Å². The summed E-state index contributed by atoms with van der Waals surface area (Å²) >= 11 is 3.04. The van der Waals surface area contributed by atoms with E-state index < -0.39 is 12.5 Å². The number of hydrogen-bond donors (Lipinski definition) is 0. The first-order valence-electron chi connectivity index (χ1n) is 5.29. The minimum atomic E-state index is -4.63. The number of rotatable bonds is 3. The minimum absolute atomic E-state index is 0.0881. The molecule has 0 radical (unpaired) electrons. The molecule has 18 heavy (non-hydrogen) atoms. The van der Waals surface area contributed by atoms with Gasteiger partial charge >= 0.3 is 6.36 Å². The Balaban J connectivity index is 2.33. The highest BCUT2D eigenvalue weighted by Gasteiger charge is 2.33. The van der Waals surface area contributed by atoms with Crippen LogP contribution in [0.15, 0.2) is 42.5 Å². The molecular weight excluding hydrogens is 309 g/mol. The second-order valence-corrected chi connectivity index (χ2v) is 4.46. The van der Waals surface area contributed by atoms with Crippen LogP contribution in [-0.2, 0) is 4.74 Å². The van der Waals surface area contributed by atoms with Crippen molar-refractivity contribution in [2.24, 2.45) is 0 Å². The Morgan fingerprint density at radius 3 is 2.33 bits per heavy atom. The Morgan fingerprint density at radius 2 is 1.72 bits per heavy atom. The monoisotopic (exact) mass is 318 g/mol. The standard InChI is InChI=1S/C13H10BrF3O/c14-8-12(18-13(15,16)17)11-6-5-9-3-1-2-4-10(9)7-11/h1-7,12H,8H2. The Morgan fingerprint density at radius 1 is 1.06 bits per heavy atom. The van der Waals surface area contributed by atoms with Crippen molar-refractivity contribution in [2.75, 3.05) is 5.33 Å². The third-order valence-corrected chi connectivity index (χ3v) is 3.15. The molecule has 0 aliphatic rings. The molecule has 0 aromatic heterocycles. The van der Waals surface area contributed by atoms with Gasteiger partial charge in [-0.1, -0.05) is 52.3 Å². The van der Waals surface area contributed by atoms with Gasteiger partial charge in [-0.25, -0.2) is 0 Å². The zero-order chi connectivity index (χ0) is 13.2. The van der Waals surface area contributed by atoms with Crippen molar-refractivity contribution in [3.63, 3.8) is 0 Å². The number of alkyl halides is 4. The lowest BCUT2D eigenvalue weighted by Gasteiger charge is -2.18. The van der Waals surface area contributed by atoms with Crippen molar-refractivity contribution < 1.29 is 17.9 Å². The van der Waals surface area contributed by atoms with Gasteiger partial charge in [0, 0.05) is 5.33 Å². The normalized spacial score (nSPS) is 13.8. The van der Waals surface area contributed by atoms with Crippen molar-refractivity contribution >= 4 is 26.7 Å². The summed E-state index contributed by atoms with van der Waals surface area (Å²) in [5.41, 5.74) is 0.503. The van der Waals surface area contributed by atoms with Crippen LogP contribution >= 0.6 is 15.9 Å². The van der Waals surface area contributed by atoms with Crippen molar-refractivity contribution in [1.29, 1.82) is 0 Å². The van der Waals surface area contributed by atoms with Gasteiger partial charge in [0.2, 0.25) is 0 Å². The molecule has 1 atom stereocenters. The molecule has 0 saturated heterocycles. The van der Waals surface area contributed by atoms with E-state index in [1.54, 1.807) is 18.2 Å². The van der Waals surface area contributed by atoms with Crippen LogP contribution in [0.2, 0.25) is 0 Å². The Labute approximate surface area is 111 Å². The van der Waals surface area contributed by atoms with E-state index in [1.807, 2.05) is 24.3 Å². The average molecular weight is 319 g/mol. The lowest BCUT2D eigenvalue weighted by Crippen LogP contribution is -2.19. The van der Waals surface area contributed by atoms with Crippen LogP contribution in [0.5, 0.6) is 0 Å². The fraction of sp³-hybridized carbons (Fsp3) is 0.231. The van der Waals surface area contributed by atoms with Crippen molar-refractivity contribution in [3.8, 4) is 0 Å². The fourth-order valence-electron chi connectivity index (χ4n) is 1.76. The van der Waals surface area contributed by atoms with E-state index in [9.17, 15) is 13.2 Å². The molecule has 0 aliphatic carbocycles. The summed E-state index contributed by atoms with van der Waals surface area (Å²) in [6.45, 7) is 0. The van der Waals surface area contributed by atoms with Gasteiger partial charge in [-0.2, -0.15) is 0 Å². The van der Waals surface area contributed by atoms with Gasteiger partial charge in [0.15, 0.2) is 0 Å². The van der Waals surface area contributed by atoms with Gasteiger partial charge in [0.05, 0.1) is 0 Å². The van der Waals surface area contributed by atoms with Crippen molar-refractivity contribution in [2.45, 2.75) is 12.5 Å². The molecule has 0 spiro atoms. The summed E-state index contributed by atoms with van der Waals surface area (Å²) in [5.74, 6) is 0. The number of hydrogen-bond acceptors (Lipinski definition) is 1. The highest BCUT2D eigenvalue weighted by molar-refractivity contribution is 9.09. The molecule has 2 aromatic rings. The van der Waals surface area contributed by atoms with E-state index in [2.05, 4.69) is 20.7 Å². The molecule has 0 fully saturated rings. The number of fused-ring (bicyclic) bond motifs is 1. The van der Waals surface area contributed by atoms with Gasteiger partial charge in [-0.3, -0.25) is 4.74 Å². The molecule has 0 saturated carbocycles. The molecular formula is C13H10BrF3O. The van der Waals surface area contributed by atoms with Crippen LogP contribution in [0.3, 0.4) is 0 Å². The highest BCUT2D eigenvalue weighted by atomic mass is 79.9.